The first-order valence-corrected chi connectivity index (χ1v) is 6.14. The second-order valence-electron chi connectivity index (χ2n) is 4.75. The molecule has 0 bridgehead atoms. The molecule has 0 saturated heterocycles. The molecule has 0 spiro atoms. The molecular formula is C14H18N2O. The first-order valence-electron chi connectivity index (χ1n) is 6.14. The molecule has 3 rings (SSSR count). The number of nitrogens with zero attached hydrogens (tertiary/aromatic N) is 1. The van der Waals surface area contributed by atoms with Gasteiger partial charge in [0.15, 0.2) is 0 Å². The fraction of sp³-hybridized carbons (Fsp3) is 0.429. The van der Waals surface area contributed by atoms with E-state index < -0.39 is 0 Å². The van der Waals surface area contributed by atoms with Gasteiger partial charge >= 0.3 is 0 Å². The molecule has 0 radical (unpaired) electrons. The largest absolute Gasteiger partial charge is 0.495 e. The van der Waals surface area contributed by atoms with Crippen LogP contribution in [0.15, 0.2) is 24.3 Å². The minimum absolute atomic E-state index is 0.745. The monoisotopic (exact) mass is 230 g/mol. The van der Waals surface area contributed by atoms with Crippen molar-refractivity contribution in [1.29, 1.82) is 0 Å². The molecule has 17 heavy (non-hydrogen) atoms. The van der Waals surface area contributed by atoms with Gasteiger partial charge in [-0.3, -0.25) is 0 Å². The van der Waals surface area contributed by atoms with Crippen LogP contribution >= 0.6 is 0 Å². The Bertz CT molecular complexity index is 540. The van der Waals surface area contributed by atoms with Gasteiger partial charge in [-0.1, -0.05) is 12.1 Å². The van der Waals surface area contributed by atoms with Crippen LogP contribution < -0.4 is 10.1 Å². The molecule has 0 amide bonds. The summed E-state index contributed by atoms with van der Waals surface area (Å²) in [6.45, 7) is 0.943. The zero-order valence-corrected chi connectivity index (χ0v) is 10.4. The Morgan fingerprint density at radius 3 is 2.94 bits per heavy atom. The lowest BCUT2D eigenvalue weighted by molar-refractivity contribution is 0.417. The Labute approximate surface area is 101 Å². The first kappa shape index (κ1) is 10.7. The Morgan fingerprint density at radius 2 is 2.24 bits per heavy atom. The van der Waals surface area contributed by atoms with Crippen molar-refractivity contribution in [3.8, 4) is 5.75 Å². The van der Waals surface area contributed by atoms with Crippen LogP contribution in [0.2, 0.25) is 0 Å². The van der Waals surface area contributed by atoms with Gasteiger partial charge in [-0.15, -0.1) is 0 Å². The molecule has 1 aromatic carbocycles. The Morgan fingerprint density at radius 1 is 1.41 bits per heavy atom. The number of ether oxygens (including phenoxy) is 1. The van der Waals surface area contributed by atoms with Crippen LogP contribution in [0.25, 0.3) is 10.9 Å². The van der Waals surface area contributed by atoms with Gasteiger partial charge in [-0.2, -0.15) is 0 Å². The molecule has 90 valence electrons. The lowest BCUT2D eigenvalue weighted by Crippen LogP contribution is -2.17. The molecule has 1 saturated carbocycles. The lowest BCUT2D eigenvalue weighted by Gasteiger charge is -2.07. The molecule has 1 aromatic heterocycles. The standard InChI is InChI=1S/C14H18N2O/c1-16-12(9-15-11-6-7-11)8-10-4-3-5-13(17-2)14(10)16/h3-5,8,11,15H,6-7,9H2,1-2H3. The van der Waals surface area contributed by atoms with E-state index in [0.29, 0.717) is 0 Å². The summed E-state index contributed by atoms with van der Waals surface area (Å²) in [6.07, 6.45) is 2.65. The summed E-state index contributed by atoms with van der Waals surface area (Å²) in [5, 5.41) is 4.80. The number of nitrogens with one attached hydrogen (secondary N) is 1. The third-order valence-electron chi connectivity index (χ3n) is 3.49. The van der Waals surface area contributed by atoms with E-state index in [2.05, 4.69) is 29.1 Å². The minimum Gasteiger partial charge on any atom is -0.495 e. The molecule has 0 unspecified atom stereocenters. The maximum Gasteiger partial charge on any atom is 0.143 e. The summed E-state index contributed by atoms with van der Waals surface area (Å²) >= 11 is 0. The van der Waals surface area contributed by atoms with E-state index in [-0.39, 0.29) is 0 Å². The molecule has 0 atom stereocenters. The van der Waals surface area contributed by atoms with Crippen molar-refractivity contribution in [2.45, 2.75) is 25.4 Å². The van der Waals surface area contributed by atoms with Crippen LogP contribution in [0.3, 0.4) is 0 Å². The summed E-state index contributed by atoms with van der Waals surface area (Å²) < 4.78 is 7.64. The molecule has 1 aliphatic rings. The highest BCUT2D eigenvalue weighted by Crippen LogP contribution is 2.28. The molecule has 1 N–H and O–H groups in total. The van der Waals surface area contributed by atoms with Crippen LogP contribution in [-0.2, 0) is 13.6 Å². The summed E-state index contributed by atoms with van der Waals surface area (Å²) in [5.41, 5.74) is 2.50. The molecule has 0 aliphatic heterocycles. The van der Waals surface area contributed by atoms with Crippen LogP contribution in [0.4, 0.5) is 0 Å². The van der Waals surface area contributed by atoms with Crippen molar-refractivity contribution in [2.75, 3.05) is 7.11 Å². The van der Waals surface area contributed by atoms with Crippen LogP contribution in [0, 0.1) is 0 Å². The van der Waals surface area contributed by atoms with Crippen LogP contribution in [0.5, 0.6) is 5.75 Å². The maximum atomic E-state index is 5.42. The van der Waals surface area contributed by atoms with Crippen molar-refractivity contribution in [3.63, 3.8) is 0 Å². The van der Waals surface area contributed by atoms with Gasteiger partial charge in [0.2, 0.25) is 0 Å². The van der Waals surface area contributed by atoms with Gasteiger partial charge in [0.25, 0.3) is 0 Å². The van der Waals surface area contributed by atoms with Gasteiger partial charge in [0.1, 0.15) is 5.75 Å². The molecule has 1 heterocycles. The highest BCUT2D eigenvalue weighted by molar-refractivity contribution is 5.86. The number of methoxy groups -OCH3 is 1. The predicted octanol–water partition coefficient (Wildman–Crippen LogP) is 2.44. The fourth-order valence-electron chi connectivity index (χ4n) is 2.31. The van der Waals surface area contributed by atoms with Crippen molar-refractivity contribution < 1.29 is 4.74 Å². The number of benzene rings is 1. The minimum atomic E-state index is 0.745. The van der Waals surface area contributed by atoms with Gasteiger partial charge in [0, 0.05) is 30.7 Å². The lowest BCUT2D eigenvalue weighted by atomic mass is 10.2. The summed E-state index contributed by atoms with van der Waals surface area (Å²) in [5.74, 6) is 0.947. The SMILES string of the molecule is COc1cccc2cc(CNC3CC3)n(C)c12. The van der Waals surface area contributed by atoms with Gasteiger partial charge in [-0.25, -0.2) is 0 Å². The normalized spacial score (nSPS) is 15.4. The molecular weight excluding hydrogens is 212 g/mol. The summed E-state index contributed by atoms with van der Waals surface area (Å²) in [4.78, 5) is 0. The van der Waals surface area contributed by atoms with Crippen molar-refractivity contribution in [2.24, 2.45) is 7.05 Å². The van der Waals surface area contributed by atoms with E-state index in [9.17, 15) is 0 Å². The van der Waals surface area contributed by atoms with E-state index >= 15 is 0 Å². The Balaban J connectivity index is 1.98. The quantitative estimate of drug-likeness (QED) is 0.873. The second kappa shape index (κ2) is 4.08. The van der Waals surface area contributed by atoms with Crippen molar-refractivity contribution in [3.05, 3.63) is 30.0 Å². The number of rotatable bonds is 4. The Kier molecular flexibility index (Phi) is 2.56. The van der Waals surface area contributed by atoms with Crippen molar-refractivity contribution >= 4 is 10.9 Å². The Hall–Kier alpha value is -1.48. The van der Waals surface area contributed by atoms with E-state index in [1.54, 1.807) is 7.11 Å². The van der Waals surface area contributed by atoms with Gasteiger partial charge in [-0.05, 0) is 25.0 Å². The topological polar surface area (TPSA) is 26.2 Å². The number of hydrogen-bond acceptors (Lipinski definition) is 2. The average Bonchev–Trinajstić information content (AvgIpc) is 3.12. The van der Waals surface area contributed by atoms with Crippen LogP contribution in [0.1, 0.15) is 18.5 Å². The van der Waals surface area contributed by atoms with E-state index in [4.69, 9.17) is 4.74 Å². The highest BCUT2D eigenvalue weighted by atomic mass is 16.5. The second-order valence-corrected chi connectivity index (χ2v) is 4.75. The molecule has 3 nitrogen and oxygen atoms in total. The van der Waals surface area contributed by atoms with Gasteiger partial charge in [0.05, 0.1) is 12.6 Å². The first-order chi connectivity index (χ1) is 8.29. The highest BCUT2D eigenvalue weighted by Gasteiger charge is 2.20. The zero-order chi connectivity index (χ0) is 11.8. The van der Waals surface area contributed by atoms with Crippen LogP contribution in [-0.4, -0.2) is 17.7 Å². The third-order valence-corrected chi connectivity index (χ3v) is 3.49. The number of hydrogen-bond donors (Lipinski definition) is 1. The van der Waals surface area contributed by atoms with E-state index in [1.807, 2.05) is 12.1 Å². The predicted molar refractivity (Wildman–Crippen MR) is 69.3 cm³/mol. The molecule has 1 aliphatic carbocycles. The molecule has 1 fully saturated rings. The number of fused-ring (bicyclic) bond motifs is 1. The van der Waals surface area contributed by atoms with Gasteiger partial charge < -0.3 is 14.6 Å². The number of para-hydroxylation sites is 1. The average molecular weight is 230 g/mol. The fourth-order valence-corrected chi connectivity index (χ4v) is 2.31. The van der Waals surface area contributed by atoms with Crippen molar-refractivity contribution in [1.82, 2.24) is 9.88 Å². The molecule has 2 aromatic rings. The summed E-state index contributed by atoms with van der Waals surface area (Å²) in [6, 6.07) is 9.18. The van der Waals surface area contributed by atoms with E-state index in [1.165, 1.54) is 29.4 Å². The molecule has 3 heteroatoms. The number of aryl methyl sites for hydroxylation is 1. The van der Waals surface area contributed by atoms with E-state index in [0.717, 1.165) is 18.3 Å². The number of aromatic nitrogens is 1. The summed E-state index contributed by atoms with van der Waals surface area (Å²) in [7, 11) is 3.83. The third kappa shape index (κ3) is 1.91. The zero-order valence-electron chi connectivity index (χ0n) is 10.4. The smallest absolute Gasteiger partial charge is 0.143 e. The maximum absolute atomic E-state index is 5.42.